The van der Waals surface area contributed by atoms with Crippen LogP contribution in [0.1, 0.15) is 24.2 Å². The first-order chi connectivity index (χ1) is 9.85. The summed E-state index contributed by atoms with van der Waals surface area (Å²) in [4.78, 5) is 16.7. The summed E-state index contributed by atoms with van der Waals surface area (Å²) in [5, 5.41) is 0. The van der Waals surface area contributed by atoms with Crippen molar-refractivity contribution in [2.75, 3.05) is 46.6 Å². The van der Waals surface area contributed by atoms with Crippen molar-refractivity contribution in [2.45, 2.75) is 13.8 Å². The number of likely N-dealkylation sites (N-methyl/N-ethyl adjacent to an activating group) is 1. The van der Waals surface area contributed by atoms with Gasteiger partial charge in [0.05, 0.1) is 12.7 Å². The van der Waals surface area contributed by atoms with Gasteiger partial charge in [0.25, 0.3) is 5.91 Å². The van der Waals surface area contributed by atoms with E-state index < -0.39 is 0 Å². The topological polar surface area (TPSA) is 58.8 Å². The molecule has 0 heterocycles. The number of hydrogen-bond donors (Lipinski definition) is 1. The number of anilines is 1. The first kappa shape index (κ1) is 17.3. The second kappa shape index (κ2) is 7.88. The molecule has 1 aromatic carbocycles. The Labute approximate surface area is 127 Å². The average Bonchev–Trinajstić information content (AvgIpc) is 2.42. The van der Waals surface area contributed by atoms with E-state index >= 15 is 0 Å². The lowest BCUT2D eigenvalue weighted by Gasteiger charge is -2.27. The molecule has 0 aliphatic heterocycles. The largest absolute Gasteiger partial charge is 0.496 e. The minimum atomic E-state index is -0.0327. The summed E-state index contributed by atoms with van der Waals surface area (Å²) in [6.45, 7) is 6.43. The zero-order valence-electron chi connectivity index (χ0n) is 13.7. The summed E-state index contributed by atoms with van der Waals surface area (Å²) in [6.07, 6.45) is 0. The van der Waals surface area contributed by atoms with Crippen LogP contribution in [-0.2, 0) is 0 Å². The number of hydrogen-bond acceptors (Lipinski definition) is 4. The number of nitrogens with two attached hydrogens (primary N) is 1. The number of methoxy groups -OCH3 is 1. The first-order valence-corrected chi connectivity index (χ1v) is 7.22. The maximum atomic E-state index is 12.8. The van der Waals surface area contributed by atoms with Gasteiger partial charge in [-0.15, -0.1) is 0 Å². The molecule has 1 aromatic rings. The molecular formula is C16H27N3O2. The molecule has 0 aromatic heterocycles. The standard InChI is InChI=1S/C16H27N3O2/c1-12(2)11-19(9-8-18(3)4)16(20)14-10-13(17)6-7-15(14)21-5/h6-7,10,12H,8-9,11,17H2,1-5H3. The number of nitrogen functional groups attached to an aromatic ring is 1. The second-order valence-electron chi connectivity index (χ2n) is 5.91. The fourth-order valence-corrected chi connectivity index (χ4v) is 2.10. The molecule has 1 amide bonds. The van der Waals surface area contributed by atoms with Crippen molar-refractivity contribution in [2.24, 2.45) is 5.92 Å². The van der Waals surface area contributed by atoms with Gasteiger partial charge < -0.3 is 20.3 Å². The molecular weight excluding hydrogens is 266 g/mol. The number of rotatable bonds is 7. The predicted octanol–water partition coefficient (Wildman–Crippen LogP) is 1.94. The van der Waals surface area contributed by atoms with Crippen molar-refractivity contribution in [3.8, 4) is 5.75 Å². The summed E-state index contributed by atoms with van der Waals surface area (Å²) in [7, 11) is 5.56. The van der Waals surface area contributed by atoms with Crippen LogP contribution in [0.3, 0.4) is 0 Å². The van der Waals surface area contributed by atoms with Gasteiger partial charge in [0.1, 0.15) is 5.75 Å². The van der Waals surface area contributed by atoms with Crippen LogP contribution in [0.2, 0.25) is 0 Å². The number of ether oxygens (including phenoxy) is 1. The Morgan fingerprint density at radius 2 is 1.95 bits per heavy atom. The summed E-state index contributed by atoms with van der Waals surface area (Å²) in [5.41, 5.74) is 6.90. The zero-order chi connectivity index (χ0) is 16.0. The molecule has 0 atom stereocenters. The lowest BCUT2D eigenvalue weighted by atomic mass is 10.1. The lowest BCUT2D eigenvalue weighted by Crippen LogP contribution is -2.39. The molecule has 2 N–H and O–H groups in total. The predicted molar refractivity (Wildman–Crippen MR) is 86.7 cm³/mol. The normalized spacial score (nSPS) is 11.0. The zero-order valence-corrected chi connectivity index (χ0v) is 13.7. The maximum absolute atomic E-state index is 12.8. The molecule has 0 aliphatic rings. The van der Waals surface area contributed by atoms with Crippen LogP contribution in [0.25, 0.3) is 0 Å². The van der Waals surface area contributed by atoms with E-state index in [0.29, 0.717) is 36.0 Å². The highest BCUT2D eigenvalue weighted by molar-refractivity contribution is 5.97. The highest BCUT2D eigenvalue weighted by Gasteiger charge is 2.20. The molecule has 0 saturated carbocycles. The molecule has 1 rings (SSSR count). The highest BCUT2D eigenvalue weighted by atomic mass is 16.5. The Balaban J connectivity index is 3.00. The van der Waals surface area contributed by atoms with Crippen LogP contribution in [0, 0.1) is 5.92 Å². The second-order valence-corrected chi connectivity index (χ2v) is 5.91. The Morgan fingerprint density at radius 3 is 2.48 bits per heavy atom. The van der Waals surface area contributed by atoms with E-state index in [1.807, 2.05) is 19.0 Å². The van der Waals surface area contributed by atoms with E-state index in [1.54, 1.807) is 25.3 Å². The summed E-state index contributed by atoms with van der Waals surface area (Å²) in [5.74, 6) is 0.936. The van der Waals surface area contributed by atoms with Crippen molar-refractivity contribution in [3.63, 3.8) is 0 Å². The summed E-state index contributed by atoms with van der Waals surface area (Å²) in [6, 6.07) is 5.16. The fraction of sp³-hybridized carbons (Fsp3) is 0.562. The molecule has 0 unspecified atom stereocenters. The van der Waals surface area contributed by atoms with Crippen LogP contribution < -0.4 is 10.5 Å². The molecule has 0 fully saturated rings. The van der Waals surface area contributed by atoms with Gasteiger partial charge in [0, 0.05) is 25.3 Å². The molecule has 5 nitrogen and oxygen atoms in total. The van der Waals surface area contributed by atoms with Gasteiger partial charge in [0.15, 0.2) is 0 Å². The highest BCUT2D eigenvalue weighted by Crippen LogP contribution is 2.23. The van der Waals surface area contributed by atoms with E-state index in [1.165, 1.54) is 0 Å². The van der Waals surface area contributed by atoms with Crippen molar-refractivity contribution in [1.82, 2.24) is 9.80 Å². The molecule has 118 valence electrons. The van der Waals surface area contributed by atoms with Gasteiger partial charge in [0.2, 0.25) is 0 Å². The lowest BCUT2D eigenvalue weighted by molar-refractivity contribution is 0.0721. The number of carbonyl (C=O) groups excluding carboxylic acids is 1. The van der Waals surface area contributed by atoms with E-state index in [-0.39, 0.29) is 5.91 Å². The van der Waals surface area contributed by atoms with Gasteiger partial charge in [-0.3, -0.25) is 4.79 Å². The van der Waals surface area contributed by atoms with Gasteiger partial charge in [-0.25, -0.2) is 0 Å². The first-order valence-electron chi connectivity index (χ1n) is 7.22. The van der Waals surface area contributed by atoms with Crippen LogP contribution >= 0.6 is 0 Å². The Bertz CT molecular complexity index is 473. The minimum Gasteiger partial charge on any atom is -0.496 e. The molecule has 0 spiro atoms. The number of carbonyl (C=O) groups is 1. The SMILES string of the molecule is COc1ccc(N)cc1C(=O)N(CCN(C)C)CC(C)C. The van der Waals surface area contributed by atoms with Gasteiger partial charge in [-0.2, -0.15) is 0 Å². The van der Waals surface area contributed by atoms with E-state index in [9.17, 15) is 4.79 Å². The molecule has 21 heavy (non-hydrogen) atoms. The third-order valence-electron chi connectivity index (χ3n) is 3.14. The summed E-state index contributed by atoms with van der Waals surface area (Å²) < 4.78 is 5.29. The van der Waals surface area contributed by atoms with Crippen molar-refractivity contribution < 1.29 is 9.53 Å². The van der Waals surface area contributed by atoms with Crippen LogP contribution in [0.4, 0.5) is 5.69 Å². The molecule has 5 heteroatoms. The van der Waals surface area contributed by atoms with Crippen molar-refractivity contribution in [3.05, 3.63) is 23.8 Å². The monoisotopic (exact) mass is 293 g/mol. The molecule has 0 saturated heterocycles. The van der Waals surface area contributed by atoms with Crippen molar-refractivity contribution >= 4 is 11.6 Å². The van der Waals surface area contributed by atoms with E-state index in [0.717, 1.165) is 6.54 Å². The van der Waals surface area contributed by atoms with E-state index in [4.69, 9.17) is 10.5 Å². The quantitative estimate of drug-likeness (QED) is 0.781. The van der Waals surface area contributed by atoms with Crippen LogP contribution in [0.15, 0.2) is 18.2 Å². The average molecular weight is 293 g/mol. The number of nitrogens with zero attached hydrogens (tertiary/aromatic N) is 2. The Morgan fingerprint density at radius 1 is 1.29 bits per heavy atom. The number of amides is 1. The van der Waals surface area contributed by atoms with Gasteiger partial charge in [-0.05, 0) is 38.2 Å². The maximum Gasteiger partial charge on any atom is 0.257 e. The Kier molecular flexibility index (Phi) is 6.49. The van der Waals surface area contributed by atoms with Gasteiger partial charge >= 0.3 is 0 Å². The van der Waals surface area contributed by atoms with Crippen LogP contribution in [-0.4, -0.2) is 56.5 Å². The minimum absolute atomic E-state index is 0.0327. The molecule has 0 radical (unpaired) electrons. The van der Waals surface area contributed by atoms with Crippen LogP contribution in [0.5, 0.6) is 5.75 Å². The fourth-order valence-electron chi connectivity index (χ4n) is 2.10. The van der Waals surface area contributed by atoms with Crippen molar-refractivity contribution in [1.29, 1.82) is 0 Å². The Hall–Kier alpha value is -1.75. The molecule has 0 bridgehead atoms. The smallest absolute Gasteiger partial charge is 0.257 e. The van der Waals surface area contributed by atoms with Gasteiger partial charge in [-0.1, -0.05) is 13.8 Å². The van der Waals surface area contributed by atoms with E-state index in [2.05, 4.69) is 18.7 Å². The number of benzene rings is 1. The summed E-state index contributed by atoms with van der Waals surface area (Å²) >= 11 is 0. The third kappa shape index (κ3) is 5.27. The third-order valence-corrected chi connectivity index (χ3v) is 3.14. The molecule has 0 aliphatic carbocycles.